The van der Waals surface area contributed by atoms with Crippen LogP contribution in [0, 0.1) is 0 Å². The van der Waals surface area contributed by atoms with Gasteiger partial charge in [-0.25, -0.2) is 0 Å². The first-order chi connectivity index (χ1) is 5.57. The molecule has 1 heterocycles. The van der Waals surface area contributed by atoms with Crippen LogP contribution in [-0.4, -0.2) is 29.2 Å². The molecule has 0 radical (unpaired) electrons. The number of fused-ring (bicyclic) bond motifs is 1. The molecule has 2 fully saturated rings. The van der Waals surface area contributed by atoms with Crippen LogP contribution in [-0.2, 0) is 9.47 Å². The average Bonchev–Trinajstić information content (AvgIpc) is 2.21. The Balaban J connectivity index is 2.02. The minimum absolute atomic E-state index is 0.115. The maximum Gasteiger partial charge on any atom is 0.163 e. The fourth-order valence-electron chi connectivity index (χ4n) is 2.10. The van der Waals surface area contributed by atoms with E-state index in [-0.39, 0.29) is 18.3 Å². The fraction of sp³-hybridized carbons (Fsp3) is 1.00. The third-order valence-electron chi connectivity index (χ3n) is 2.57. The highest BCUT2D eigenvalue weighted by Gasteiger charge is 2.43. The van der Waals surface area contributed by atoms with Gasteiger partial charge in [0.25, 0.3) is 0 Å². The van der Waals surface area contributed by atoms with Crippen LogP contribution in [0.5, 0.6) is 0 Å². The molecule has 2 aliphatic rings. The van der Waals surface area contributed by atoms with Crippen LogP contribution in [0.4, 0.5) is 0 Å². The second kappa shape index (κ2) is 2.69. The molecule has 1 saturated heterocycles. The molecular weight excluding hydrogens is 156 g/mol. The lowest BCUT2D eigenvalue weighted by molar-refractivity contribution is -0.146. The van der Waals surface area contributed by atoms with Gasteiger partial charge in [-0.2, -0.15) is 0 Å². The largest absolute Gasteiger partial charge is 0.393 e. The van der Waals surface area contributed by atoms with Gasteiger partial charge in [0.05, 0.1) is 18.3 Å². The fourth-order valence-corrected chi connectivity index (χ4v) is 2.10. The Bertz CT molecular complexity index is 179. The van der Waals surface area contributed by atoms with Gasteiger partial charge in [-0.05, 0) is 26.7 Å². The first-order valence-corrected chi connectivity index (χ1v) is 4.60. The number of ether oxygens (including phenoxy) is 2. The zero-order valence-electron chi connectivity index (χ0n) is 7.62. The van der Waals surface area contributed by atoms with Crippen LogP contribution in [0.3, 0.4) is 0 Å². The zero-order chi connectivity index (χ0) is 8.77. The summed E-state index contributed by atoms with van der Waals surface area (Å²) in [7, 11) is 0. The molecule has 0 amide bonds. The average molecular weight is 172 g/mol. The van der Waals surface area contributed by atoms with Crippen LogP contribution in [0.1, 0.15) is 33.1 Å². The summed E-state index contributed by atoms with van der Waals surface area (Å²) >= 11 is 0. The Hall–Kier alpha value is -0.120. The van der Waals surface area contributed by atoms with Gasteiger partial charge in [0.15, 0.2) is 5.79 Å². The van der Waals surface area contributed by atoms with Crippen LogP contribution in [0.15, 0.2) is 0 Å². The molecule has 3 unspecified atom stereocenters. The lowest BCUT2D eigenvalue weighted by Gasteiger charge is -2.25. The molecule has 12 heavy (non-hydrogen) atoms. The van der Waals surface area contributed by atoms with Crippen molar-refractivity contribution in [3.05, 3.63) is 0 Å². The van der Waals surface area contributed by atoms with Crippen molar-refractivity contribution in [2.45, 2.75) is 57.2 Å². The lowest BCUT2D eigenvalue weighted by atomic mass is 9.93. The monoisotopic (exact) mass is 172 g/mol. The number of hydrogen-bond acceptors (Lipinski definition) is 3. The van der Waals surface area contributed by atoms with Crippen molar-refractivity contribution in [2.24, 2.45) is 0 Å². The van der Waals surface area contributed by atoms with E-state index >= 15 is 0 Å². The molecule has 0 bridgehead atoms. The first-order valence-electron chi connectivity index (χ1n) is 4.60. The van der Waals surface area contributed by atoms with Crippen molar-refractivity contribution < 1.29 is 14.6 Å². The van der Waals surface area contributed by atoms with Crippen LogP contribution < -0.4 is 0 Å². The standard InChI is InChI=1S/C9H16O3/c1-9(2)11-7-4-3-6(10)5-8(7)12-9/h6-8,10H,3-5H2,1-2H3. The smallest absolute Gasteiger partial charge is 0.163 e. The van der Waals surface area contributed by atoms with E-state index in [2.05, 4.69) is 0 Å². The van der Waals surface area contributed by atoms with Crippen molar-refractivity contribution in [3.8, 4) is 0 Å². The third kappa shape index (κ3) is 1.49. The van der Waals surface area contributed by atoms with E-state index < -0.39 is 5.79 Å². The number of aliphatic hydroxyl groups is 1. The summed E-state index contributed by atoms with van der Waals surface area (Å²) in [6, 6.07) is 0. The highest BCUT2D eigenvalue weighted by Crippen LogP contribution is 2.36. The minimum Gasteiger partial charge on any atom is -0.393 e. The van der Waals surface area contributed by atoms with E-state index in [0.717, 1.165) is 19.3 Å². The molecule has 3 nitrogen and oxygen atoms in total. The molecule has 2 rings (SSSR count). The predicted molar refractivity (Wildman–Crippen MR) is 43.7 cm³/mol. The summed E-state index contributed by atoms with van der Waals surface area (Å²) in [6.07, 6.45) is 2.64. The molecule has 0 aromatic carbocycles. The van der Waals surface area contributed by atoms with E-state index in [1.54, 1.807) is 0 Å². The van der Waals surface area contributed by atoms with Gasteiger partial charge in [-0.3, -0.25) is 0 Å². The Morgan fingerprint density at radius 3 is 2.58 bits per heavy atom. The van der Waals surface area contributed by atoms with Gasteiger partial charge in [-0.1, -0.05) is 0 Å². The summed E-state index contributed by atoms with van der Waals surface area (Å²) < 4.78 is 11.3. The summed E-state index contributed by atoms with van der Waals surface area (Å²) in [4.78, 5) is 0. The molecular formula is C9H16O3. The lowest BCUT2D eigenvalue weighted by Crippen LogP contribution is -2.33. The molecule has 1 aliphatic heterocycles. The summed E-state index contributed by atoms with van der Waals surface area (Å²) in [5.41, 5.74) is 0. The summed E-state index contributed by atoms with van der Waals surface area (Å²) in [5.74, 6) is -0.445. The summed E-state index contributed by atoms with van der Waals surface area (Å²) in [5, 5.41) is 9.39. The molecule has 0 spiro atoms. The first kappa shape index (κ1) is 8.48. The Morgan fingerprint density at radius 1 is 1.17 bits per heavy atom. The Morgan fingerprint density at radius 2 is 1.83 bits per heavy atom. The van der Waals surface area contributed by atoms with E-state index in [1.807, 2.05) is 13.8 Å². The van der Waals surface area contributed by atoms with Crippen LogP contribution >= 0.6 is 0 Å². The maximum absolute atomic E-state index is 9.39. The number of hydrogen-bond donors (Lipinski definition) is 1. The Labute approximate surface area is 72.7 Å². The number of rotatable bonds is 0. The second-order valence-electron chi connectivity index (χ2n) is 4.18. The molecule has 0 aromatic rings. The van der Waals surface area contributed by atoms with E-state index in [9.17, 15) is 5.11 Å². The van der Waals surface area contributed by atoms with Gasteiger partial charge >= 0.3 is 0 Å². The highest BCUT2D eigenvalue weighted by atomic mass is 16.8. The van der Waals surface area contributed by atoms with Gasteiger partial charge in [0.1, 0.15) is 0 Å². The second-order valence-corrected chi connectivity index (χ2v) is 4.18. The molecule has 1 saturated carbocycles. The van der Waals surface area contributed by atoms with Crippen molar-refractivity contribution in [3.63, 3.8) is 0 Å². The molecule has 1 aliphatic carbocycles. The van der Waals surface area contributed by atoms with Crippen LogP contribution in [0.2, 0.25) is 0 Å². The highest BCUT2D eigenvalue weighted by molar-refractivity contribution is 4.87. The van der Waals surface area contributed by atoms with Crippen molar-refractivity contribution >= 4 is 0 Å². The molecule has 0 aromatic heterocycles. The van der Waals surface area contributed by atoms with E-state index in [1.165, 1.54) is 0 Å². The zero-order valence-corrected chi connectivity index (χ0v) is 7.62. The number of aliphatic hydroxyl groups excluding tert-OH is 1. The summed E-state index contributed by atoms with van der Waals surface area (Å²) in [6.45, 7) is 3.86. The Kier molecular flexibility index (Phi) is 1.90. The van der Waals surface area contributed by atoms with Gasteiger partial charge in [0, 0.05) is 6.42 Å². The SMILES string of the molecule is CC1(C)OC2CCC(O)CC2O1. The van der Waals surface area contributed by atoms with E-state index in [0.29, 0.717) is 0 Å². The molecule has 3 heteroatoms. The van der Waals surface area contributed by atoms with Crippen molar-refractivity contribution in [2.75, 3.05) is 0 Å². The van der Waals surface area contributed by atoms with Gasteiger partial charge in [-0.15, -0.1) is 0 Å². The molecule has 70 valence electrons. The van der Waals surface area contributed by atoms with Crippen molar-refractivity contribution in [1.29, 1.82) is 0 Å². The van der Waals surface area contributed by atoms with E-state index in [4.69, 9.17) is 9.47 Å². The molecule has 1 N–H and O–H groups in total. The van der Waals surface area contributed by atoms with Gasteiger partial charge in [0.2, 0.25) is 0 Å². The maximum atomic E-state index is 9.39. The topological polar surface area (TPSA) is 38.7 Å². The normalized spacial score (nSPS) is 45.8. The minimum atomic E-state index is -0.445. The quantitative estimate of drug-likeness (QED) is 0.593. The van der Waals surface area contributed by atoms with Crippen LogP contribution in [0.25, 0.3) is 0 Å². The van der Waals surface area contributed by atoms with Gasteiger partial charge < -0.3 is 14.6 Å². The molecule has 3 atom stereocenters. The predicted octanol–water partition coefficient (Wildman–Crippen LogP) is 1.05. The third-order valence-corrected chi connectivity index (χ3v) is 2.57. The van der Waals surface area contributed by atoms with Crippen molar-refractivity contribution in [1.82, 2.24) is 0 Å².